The molecule has 1 aliphatic rings. The molecule has 0 saturated heterocycles. The van der Waals surface area contributed by atoms with Crippen molar-refractivity contribution in [3.63, 3.8) is 0 Å². The molecule has 0 amide bonds. The third kappa shape index (κ3) is 3.14. The van der Waals surface area contributed by atoms with E-state index in [2.05, 4.69) is 4.99 Å². The van der Waals surface area contributed by atoms with Crippen molar-refractivity contribution < 1.29 is 13.9 Å². The molecule has 1 aromatic carbocycles. The van der Waals surface area contributed by atoms with Gasteiger partial charge in [-0.15, -0.1) is 0 Å². The molecule has 6 nitrogen and oxygen atoms in total. The van der Waals surface area contributed by atoms with Crippen molar-refractivity contribution >= 4 is 23.4 Å². The number of carbonyl (C=O) groups excluding carboxylic acids is 1. The van der Waals surface area contributed by atoms with E-state index in [1.165, 1.54) is 11.3 Å². The van der Waals surface area contributed by atoms with E-state index in [-0.39, 0.29) is 12.2 Å². The Morgan fingerprint density at radius 1 is 1.29 bits per heavy atom. The molecule has 3 heterocycles. The van der Waals surface area contributed by atoms with Crippen LogP contribution in [-0.2, 0) is 9.53 Å². The summed E-state index contributed by atoms with van der Waals surface area (Å²) >= 11 is 1.27. The highest BCUT2D eigenvalue weighted by Crippen LogP contribution is 2.30. The van der Waals surface area contributed by atoms with E-state index in [9.17, 15) is 9.59 Å². The predicted molar refractivity (Wildman–Crippen MR) is 106 cm³/mol. The number of allylic oxidation sites excluding steroid dienone is 1. The second-order valence-corrected chi connectivity index (χ2v) is 7.24. The number of thiazole rings is 1. The molecule has 0 saturated carbocycles. The number of benzene rings is 1. The maximum Gasteiger partial charge on any atom is 0.338 e. The molecule has 1 atom stereocenters. The van der Waals surface area contributed by atoms with Crippen LogP contribution < -0.4 is 14.9 Å². The van der Waals surface area contributed by atoms with Crippen LogP contribution >= 0.6 is 11.3 Å². The van der Waals surface area contributed by atoms with Crippen LogP contribution in [0.1, 0.15) is 31.2 Å². The lowest BCUT2D eigenvalue weighted by molar-refractivity contribution is -0.139. The van der Waals surface area contributed by atoms with E-state index in [0.717, 1.165) is 5.56 Å². The standard InChI is InChI=1S/C21H18N2O4S/c1-3-26-20(25)17-13(2)22-21-23(18(17)14-8-5-4-6-9-14)19(24)16(28-21)12-15-10-7-11-27-15/h4-12,18H,3H2,1-2H3/b16-12+/t18-/m1/s1. The van der Waals surface area contributed by atoms with Gasteiger partial charge in [0.25, 0.3) is 5.56 Å². The van der Waals surface area contributed by atoms with Crippen LogP contribution in [0, 0.1) is 0 Å². The van der Waals surface area contributed by atoms with E-state index in [1.54, 1.807) is 42.9 Å². The molecule has 7 heteroatoms. The first-order valence-electron chi connectivity index (χ1n) is 8.88. The van der Waals surface area contributed by atoms with E-state index in [4.69, 9.17) is 9.15 Å². The monoisotopic (exact) mass is 394 g/mol. The normalized spacial score (nSPS) is 16.6. The number of hydrogen-bond donors (Lipinski definition) is 0. The lowest BCUT2D eigenvalue weighted by Crippen LogP contribution is -2.39. The Labute approximate surface area is 164 Å². The highest BCUT2D eigenvalue weighted by atomic mass is 32.1. The molecule has 4 rings (SSSR count). The lowest BCUT2D eigenvalue weighted by Gasteiger charge is -2.24. The van der Waals surface area contributed by atoms with Crippen LogP contribution in [0.3, 0.4) is 0 Å². The molecule has 28 heavy (non-hydrogen) atoms. The van der Waals surface area contributed by atoms with Gasteiger partial charge < -0.3 is 9.15 Å². The Morgan fingerprint density at radius 3 is 2.75 bits per heavy atom. The second kappa shape index (κ2) is 7.44. The third-order valence-electron chi connectivity index (χ3n) is 4.45. The number of esters is 1. The molecule has 2 aromatic heterocycles. The average Bonchev–Trinajstić information content (AvgIpc) is 3.30. The quantitative estimate of drug-likeness (QED) is 0.637. The Hall–Kier alpha value is -3.19. The fourth-order valence-electron chi connectivity index (χ4n) is 3.24. The van der Waals surface area contributed by atoms with Crippen molar-refractivity contribution in [1.29, 1.82) is 0 Å². The summed E-state index contributed by atoms with van der Waals surface area (Å²) in [5.74, 6) is 0.126. The Kier molecular flexibility index (Phi) is 4.83. The number of rotatable bonds is 4. The van der Waals surface area contributed by atoms with Crippen LogP contribution in [0.5, 0.6) is 0 Å². The summed E-state index contributed by atoms with van der Waals surface area (Å²) < 4.78 is 12.7. The molecule has 1 aliphatic heterocycles. The number of fused-ring (bicyclic) bond motifs is 1. The second-order valence-electron chi connectivity index (χ2n) is 6.23. The van der Waals surface area contributed by atoms with Gasteiger partial charge in [0.2, 0.25) is 0 Å². The summed E-state index contributed by atoms with van der Waals surface area (Å²) in [5, 5.41) is 0. The van der Waals surface area contributed by atoms with Crippen LogP contribution in [-0.4, -0.2) is 17.1 Å². The smallest absolute Gasteiger partial charge is 0.338 e. The molecule has 0 N–H and O–H groups in total. The fourth-order valence-corrected chi connectivity index (χ4v) is 4.27. The number of furan rings is 1. The van der Waals surface area contributed by atoms with Crippen LogP contribution in [0.15, 0.2) is 74.2 Å². The summed E-state index contributed by atoms with van der Waals surface area (Å²) in [7, 11) is 0. The molecular formula is C21H18N2O4S. The van der Waals surface area contributed by atoms with Crippen molar-refractivity contribution in [2.75, 3.05) is 6.61 Å². The summed E-state index contributed by atoms with van der Waals surface area (Å²) in [4.78, 5) is 31.0. The Balaban J connectivity index is 1.97. The van der Waals surface area contributed by atoms with Crippen molar-refractivity contribution in [2.24, 2.45) is 4.99 Å². The minimum atomic E-state index is -0.588. The minimum Gasteiger partial charge on any atom is -0.465 e. The molecular weight excluding hydrogens is 376 g/mol. The maximum atomic E-state index is 13.2. The highest BCUT2D eigenvalue weighted by Gasteiger charge is 2.33. The van der Waals surface area contributed by atoms with E-state index < -0.39 is 12.0 Å². The van der Waals surface area contributed by atoms with Crippen molar-refractivity contribution in [3.8, 4) is 0 Å². The van der Waals surface area contributed by atoms with Gasteiger partial charge in [-0.1, -0.05) is 41.7 Å². The van der Waals surface area contributed by atoms with Gasteiger partial charge in [0.15, 0.2) is 4.80 Å². The zero-order chi connectivity index (χ0) is 19.7. The van der Waals surface area contributed by atoms with Crippen molar-refractivity contribution in [1.82, 2.24) is 4.57 Å². The van der Waals surface area contributed by atoms with Crippen molar-refractivity contribution in [2.45, 2.75) is 19.9 Å². The van der Waals surface area contributed by atoms with Gasteiger partial charge in [0.05, 0.1) is 34.7 Å². The maximum absolute atomic E-state index is 13.2. The van der Waals surface area contributed by atoms with Crippen molar-refractivity contribution in [3.05, 3.63) is 91.0 Å². The van der Waals surface area contributed by atoms with Gasteiger partial charge in [-0.25, -0.2) is 9.79 Å². The number of hydrogen-bond acceptors (Lipinski definition) is 6. The fraction of sp³-hybridized carbons (Fsp3) is 0.190. The first-order chi connectivity index (χ1) is 13.6. The minimum absolute atomic E-state index is 0.219. The van der Waals surface area contributed by atoms with Gasteiger partial charge in [0, 0.05) is 6.08 Å². The topological polar surface area (TPSA) is 73.8 Å². The molecule has 142 valence electrons. The van der Waals surface area contributed by atoms with Gasteiger partial charge in [-0.3, -0.25) is 9.36 Å². The molecule has 3 aromatic rings. The van der Waals surface area contributed by atoms with Crippen LogP contribution in [0.2, 0.25) is 0 Å². The number of ether oxygens (including phenoxy) is 1. The average molecular weight is 394 g/mol. The van der Waals surface area contributed by atoms with Gasteiger partial charge in [0.1, 0.15) is 5.76 Å². The van der Waals surface area contributed by atoms with E-state index in [1.807, 2.05) is 30.3 Å². The van der Waals surface area contributed by atoms with Gasteiger partial charge >= 0.3 is 5.97 Å². The van der Waals surface area contributed by atoms with Crippen LogP contribution in [0.4, 0.5) is 0 Å². The summed E-state index contributed by atoms with van der Waals surface area (Å²) in [6, 6.07) is 12.4. The zero-order valence-corrected chi connectivity index (χ0v) is 16.2. The van der Waals surface area contributed by atoms with Crippen LogP contribution in [0.25, 0.3) is 6.08 Å². The largest absolute Gasteiger partial charge is 0.465 e. The number of carbonyl (C=O) groups is 1. The summed E-state index contributed by atoms with van der Waals surface area (Å²) in [5.41, 5.74) is 1.54. The summed E-state index contributed by atoms with van der Waals surface area (Å²) in [6.45, 7) is 3.77. The molecule has 0 bridgehead atoms. The Morgan fingerprint density at radius 2 is 2.07 bits per heavy atom. The highest BCUT2D eigenvalue weighted by molar-refractivity contribution is 7.07. The molecule has 0 radical (unpaired) electrons. The third-order valence-corrected chi connectivity index (χ3v) is 5.43. The molecule has 0 spiro atoms. The van der Waals surface area contributed by atoms with Gasteiger partial charge in [-0.05, 0) is 31.5 Å². The lowest BCUT2D eigenvalue weighted by atomic mass is 9.96. The first kappa shape index (κ1) is 18.2. The SMILES string of the molecule is CCOC(=O)C1=C(C)N=c2s/c(=C/c3ccco3)c(=O)n2[C@@H]1c1ccccc1. The predicted octanol–water partition coefficient (Wildman–Crippen LogP) is 2.39. The zero-order valence-electron chi connectivity index (χ0n) is 15.4. The summed E-state index contributed by atoms with van der Waals surface area (Å²) in [6.07, 6.45) is 3.24. The molecule has 0 aliphatic carbocycles. The first-order valence-corrected chi connectivity index (χ1v) is 9.70. The van der Waals surface area contributed by atoms with Gasteiger partial charge in [-0.2, -0.15) is 0 Å². The number of aromatic nitrogens is 1. The molecule has 0 unspecified atom stereocenters. The molecule has 0 fully saturated rings. The Bertz CT molecular complexity index is 1220. The number of nitrogens with zero attached hydrogens (tertiary/aromatic N) is 2. The van der Waals surface area contributed by atoms with E-state index >= 15 is 0 Å². The van der Waals surface area contributed by atoms with E-state index in [0.29, 0.717) is 26.4 Å².